The number of fused-ring (bicyclic) bond motifs is 1. The lowest BCUT2D eigenvalue weighted by Gasteiger charge is -2.19. The van der Waals surface area contributed by atoms with Gasteiger partial charge in [-0.2, -0.15) is 0 Å². The predicted octanol–water partition coefficient (Wildman–Crippen LogP) is 2.49. The summed E-state index contributed by atoms with van der Waals surface area (Å²) in [7, 11) is 1.66. The van der Waals surface area contributed by atoms with E-state index in [1.165, 1.54) is 5.06 Å². The van der Waals surface area contributed by atoms with Gasteiger partial charge in [0, 0.05) is 22.9 Å². The summed E-state index contributed by atoms with van der Waals surface area (Å²) in [5.41, 5.74) is 7.88. The van der Waals surface area contributed by atoms with E-state index in [-0.39, 0.29) is 6.54 Å². The van der Waals surface area contributed by atoms with Crippen molar-refractivity contribution in [3.8, 4) is 0 Å². The van der Waals surface area contributed by atoms with Crippen LogP contribution in [0.5, 0.6) is 0 Å². The van der Waals surface area contributed by atoms with Gasteiger partial charge >= 0.3 is 5.97 Å². The van der Waals surface area contributed by atoms with Crippen molar-refractivity contribution in [3.05, 3.63) is 106 Å². The number of nitrogens with zero attached hydrogens (tertiary/aromatic N) is 3. The monoisotopic (exact) mass is 464 g/mol. The van der Waals surface area contributed by atoms with E-state index in [4.69, 9.17) is 22.4 Å². The van der Waals surface area contributed by atoms with E-state index in [0.717, 1.165) is 21.7 Å². The molecule has 0 radical (unpaired) electrons. The molecule has 1 heterocycles. The van der Waals surface area contributed by atoms with Crippen molar-refractivity contribution in [1.82, 2.24) is 5.06 Å². The zero-order valence-electron chi connectivity index (χ0n) is 18.1. The smallest absolute Gasteiger partial charge is 0.320 e. The summed E-state index contributed by atoms with van der Waals surface area (Å²) in [6, 6.07) is 23.7. The summed E-state index contributed by atoms with van der Waals surface area (Å²) >= 11 is 6.12. The maximum atomic E-state index is 10.5. The number of rotatable bonds is 4. The maximum Gasteiger partial charge on any atom is 0.320 e. The molecule has 0 fully saturated rings. The highest BCUT2D eigenvalue weighted by atomic mass is 35.5. The first-order chi connectivity index (χ1) is 15.9. The molecule has 0 aromatic heterocycles. The Bertz CT molecular complexity index is 1250. The third-order valence-corrected chi connectivity index (χ3v) is 5.17. The summed E-state index contributed by atoms with van der Waals surface area (Å²) in [5, 5.41) is 22.3. The minimum absolute atomic E-state index is 0.229. The molecule has 0 unspecified atom stereocenters. The molecule has 0 saturated carbocycles. The Morgan fingerprint density at radius 1 is 1.12 bits per heavy atom. The van der Waals surface area contributed by atoms with Crippen LogP contribution in [0.1, 0.15) is 11.1 Å². The molecule has 33 heavy (non-hydrogen) atoms. The summed E-state index contributed by atoms with van der Waals surface area (Å²) in [6.07, 6.45) is 0.385. The van der Waals surface area contributed by atoms with E-state index in [1.54, 1.807) is 13.1 Å². The largest absolute Gasteiger partial charge is 0.480 e. The van der Waals surface area contributed by atoms with Crippen molar-refractivity contribution in [2.75, 3.05) is 13.6 Å². The van der Waals surface area contributed by atoms with Crippen LogP contribution in [-0.4, -0.2) is 46.8 Å². The van der Waals surface area contributed by atoms with E-state index in [0.29, 0.717) is 23.0 Å². The molecule has 1 aliphatic rings. The molecule has 4 N–H and O–H groups in total. The Hall–Kier alpha value is -3.52. The van der Waals surface area contributed by atoms with E-state index in [9.17, 15) is 10.0 Å². The zero-order valence-corrected chi connectivity index (χ0v) is 18.9. The molecule has 3 aromatic rings. The third-order valence-electron chi connectivity index (χ3n) is 4.93. The van der Waals surface area contributed by atoms with Crippen LogP contribution in [-0.2, 0) is 11.2 Å². The molecule has 7 nitrogen and oxygen atoms in total. The summed E-state index contributed by atoms with van der Waals surface area (Å²) in [5.74, 6) is -0.397. The zero-order chi connectivity index (χ0) is 23.8. The highest BCUT2D eigenvalue weighted by Crippen LogP contribution is 2.15. The van der Waals surface area contributed by atoms with E-state index >= 15 is 0 Å². The molecule has 0 amide bonds. The first kappa shape index (κ1) is 24.1. The first-order valence-corrected chi connectivity index (χ1v) is 10.6. The van der Waals surface area contributed by atoms with Crippen LogP contribution in [0.15, 0.2) is 88.8 Å². The quantitative estimate of drug-likeness (QED) is 0.549. The Balaban J connectivity index is 0.000000218. The number of halogens is 1. The molecule has 3 aromatic carbocycles. The van der Waals surface area contributed by atoms with Gasteiger partial charge in [0.05, 0.1) is 11.1 Å². The van der Waals surface area contributed by atoms with Crippen molar-refractivity contribution in [1.29, 1.82) is 0 Å². The Kier molecular flexibility index (Phi) is 8.32. The highest BCUT2D eigenvalue weighted by Gasteiger charge is 2.17. The van der Waals surface area contributed by atoms with Gasteiger partial charge in [-0.15, -0.1) is 0 Å². The first-order valence-electron chi connectivity index (χ1n) is 10.3. The minimum atomic E-state index is -0.959. The molecule has 0 aliphatic carbocycles. The second-order valence-electron chi connectivity index (χ2n) is 7.32. The standard InChI is InChI=1S/C16H14ClN3O.C9H11NO2/c1-18-15-10-20(21)16(11-5-3-2-4-6-11)13-9-12(17)7-8-14(13)19-15;10-8(9(11)12)6-7-4-2-1-3-5-7/h2-9,21H,10H2,1H3;1-5,8H,6,10H2,(H,11,12)/t;8-/m.0/s1. The fourth-order valence-electron chi connectivity index (χ4n) is 3.30. The average molecular weight is 465 g/mol. The number of carboxylic acids is 1. The number of carbonyl (C=O) groups is 1. The number of benzene rings is 3. The second-order valence-corrected chi connectivity index (χ2v) is 7.76. The number of nitrogens with two attached hydrogens (primary N) is 1. The van der Waals surface area contributed by atoms with Crippen LogP contribution >= 0.6 is 11.6 Å². The van der Waals surface area contributed by atoms with Gasteiger partial charge in [0.1, 0.15) is 18.4 Å². The molecule has 0 spiro atoms. The Morgan fingerprint density at radius 2 is 1.76 bits per heavy atom. The SMILES string of the molecule is CN=C1CN(O)C(c2ccccc2)=c2cc(Cl)ccc2=N1.N[C@@H](Cc1ccccc1)C(=O)O. The molecule has 0 saturated heterocycles. The normalized spacial score (nSPS) is 15.0. The molecule has 0 bridgehead atoms. The van der Waals surface area contributed by atoms with Crippen LogP contribution in [0.25, 0.3) is 5.70 Å². The topological polar surface area (TPSA) is 112 Å². The van der Waals surface area contributed by atoms with E-state index < -0.39 is 12.0 Å². The lowest BCUT2D eigenvalue weighted by Crippen LogP contribution is -2.32. The van der Waals surface area contributed by atoms with Gasteiger partial charge in [-0.3, -0.25) is 15.0 Å². The van der Waals surface area contributed by atoms with Gasteiger partial charge in [0.25, 0.3) is 0 Å². The number of hydrogen-bond acceptors (Lipinski definition) is 5. The highest BCUT2D eigenvalue weighted by molar-refractivity contribution is 6.30. The predicted molar refractivity (Wildman–Crippen MR) is 129 cm³/mol. The molecule has 8 heteroatoms. The Morgan fingerprint density at radius 3 is 2.36 bits per heavy atom. The third kappa shape index (κ3) is 6.49. The lowest BCUT2D eigenvalue weighted by atomic mass is 10.1. The van der Waals surface area contributed by atoms with Crippen molar-refractivity contribution >= 4 is 29.1 Å². The van der Waals surface area contributed by atoms with Crippen LogP contribution in [0, 0.1) is 0 Å². The number of amidine groups is 1. The average Bonchev–Trinajstić information content (AvgIpc) is 2.95. The van der Waals surface area contributed by atoms with Gasteiger partial charge in [0.2, 0.25) is 0 Å². The lowest BCUT2D eigenvalue weighted by molar-refractivity contribution is -0.138. The van der Waals surface area contributed by atoms with Crippen molar-refractivity contribution in [2.45, 2.75) is 12.5 Å². The number of aliphatic imine (C=N–C) groups is 1. The summed E-state index contributed by atoms with van der Waals surface area (Å²) in [6.45, 7) is 0.229. The number of aliphatic carboxylic acids is 1. The van der Waals surface area contributed by atoms with Crippen LogP contribution in [0.3, 0.4) is 0 Å². The van der Waals surface area contributed by atoms with Crippen LogP contribution in [0.4, 0.5) is 0 Å². The Labute approximate surface area is 196 Å². The molecular formula is C25H25ClN4O3. The van der Waals surface area contributed by atoms with E-state index in [1.807, 2.05) is 72.8 Å². The van der Waals surface area contributed by atoms with Gasteiger partial charge in [0.15, 0.2) is 0 Å². The van der Waals surface area contributed by atoms with Crippen molar-refractivity contribution < 1.29 is 15.1 Å². The van der Waals surface area contributed by atoms with Gasteiger partial charge < -0.3 is 10.8 Å². The minimum Gasteiger partial charge on any atom is -0.480 e. The summed E-state index contributed by atoms with van der Waals surface area (Å²) in [4.78, 5) is 19.0. The number of hydroxylamine groups is 2. The van der Waals surface area contributed by atoms with Gasteiger partial charge in [-0.1, -0.05) is 72.3 Å². The van der Waals surface area contributed by atoms with E-state index in [2.05, 4.69) is 9.98 Å². The second kappa shape index (κ2) is 11.4. The molecule has 1 aliphatic heterocycles. The van der Waals surface area contributed by atoms with Gasteiger partial charge in [-0.25, -0.2) is 10.1 Å². The molecule has 1 atom stereocenters. The van der Waals surface area contributed by atoms with Crippen LogP contribution in [0.2, 0.25) is 5.02 Å². The number of hydrogen-bond donors (Lipinski definition) is 3. The molecular weight excluding hydrogens is 440 g/mol. The molecule has 170 valence electrons. The summed E-state index contributed by atoms with van der Waals surface area (Å²) < 4.78 is 0. The van der Waals surface area contributed by atoms with Gasteiger partial charge in [-0.05, 0) is 30.2 Å². The molecule has 4 rings (SSSR count). The van der Waals surface area contributed by atoms with Crippen molar-refractivity contribution in [3.63, 3.8) is 0 Å². The fourth-order valence-corrected chi connectivity index (χ4v) is 3.47. The number of carboxylic acid groups (broad SMARTS) is 1. The van der Waals surface area contributed by atoms with Crippen molar-refractivity contribution in [2.24, 2.45) is 15.7 Å². The maximum absolute atomic E-state index is 10.5. The fraction of sp³-hybridized carbons (Fsp3) is 0.160. The van der Waals surface area contributed by atoms with Crippen LogP contribution < -0.4 is 16.3 Å².